The molecule has 0 aliphatic carbocycles. The standard InChI is InChI=1S/C12H22N4O/c1-4-5-10(8-13)12(17)16(3)9-11-14-6-7-15(11)2/h6-7,10H,4-5,8-9,13H2,1-3H3. The maximum Gasteiger partial charge on any atom is 0.227 e. The van der Waals surface area contributed by atoms with Crippen LogP contribution in [0.4, 0.5) is 0 Å². The van der Waals surface area contributed by atoms with Crippen molar-refractivity contribution >= 4 is 5.91 Å². The zero-order valence-electron chi connectivity index (χ0n) is 10.9. The second-order valence-electron chi connectivity index (χ2n) is 4.37. The molecule has 1 unspecified atom stereocenters. The normalized spacial score (nSPS) is 12.5. The summed E-state index contributed by atoms with van der Waals surface area (Å²) in [5.74, 6) is 0.927. The van der Waals surface area contributed by atoms with Gasteiger partial charge in [-0.25, -0.2) is 4.98 Å². The van der Waals surface area contributed by atoms with E-state index < -0.39 is 0 Å². The minimum Gasteiger partial charge on any atom is -0.338 e. The van der Waals surface area contributed by atoms with Crippen molar-refractivity contribution < 1.29 is 4.79 Å². The van der Waals surface area contributed by atoms with E-state index in [1.807, 2.05) is 17.8 Å². The largest absolute Gasteiger partial charge is 0.338 e. The van der Waals surface area contributed by atoms with Crippen LogP contribution >= 0.6 is 0 Å². The van der Waals surface area contributed by atoms with Crippen LogP contribution in [0.3, 0.4) is 0 Å². The predicted octanol–water partition coefficient (Wildman–Crippen LogP) is 0.753. The summed E-state index contributed by atoms with van der Waals surface area (Å²) in [5, 5.41) is 0. The molecule has 1 rings (SSSR count). The van der Waals surface area contributed by atoms with Crippen molar-refractivity contribution in [3.8, 4) is 0 Å². The number of amides is 1. The second kappa shape index (κ2) is 6.39. The number of rotatable bonds is 6. The van der Waals surface area contributed by atoms with Crippen LogP contribution in [-0.2, 0) is 18.4 Å². The molecule has 1 heterocycles. The van der Waals surface area contributed by atoms with Crippen LogP contribution in [0, 0.1) is 5.92 Å². The van der Waals surface area contributed by atoms with Crippen LogP contribution in [0.1, 0.15) is 25.6 Å². The van der Waals surface area contributed by atoms with Gasteiger partial charge in [0.05, 0.1) is 12.5 Å². The summed E-state index contributed by atoms with van der Waals surface area (Å²) in [6.45, 7) is 3.01. The van der Waals surface area contributed by atoms with Gasteiger partial charge in [0.15, 0.2) is 0 Å². The average molecular weight is 238 g/mol. The van der Waals surface area contributed by atoms with Crippen molar-refractivity contribution in [3.05, 3.63) is 18.2 Å². The number of carbonyl (C=O) groups excluding carboxylic acids is 1. The first-order valence-electron chi connectivity index (χ1n) is 6.01. The quantitative estimate of drug-likeness (QED) is 0.795. The number of aromatic nitrogens is 2. The van der Waals surface area contributed by atoms with E-state index in [4.69, 9.17) is 5.73 Å². The summed E-state index contributed by atoms with van der Waals surface area (Å²) < 4.78 is 1.92. The van der Waals surface area contributed by atoms with E-state index >= 15 is 0 Å². The molecule has 0 saturated heterocycles. The minimum absolute atomic E-state index is 0.0646. The van der Waals surface area contributed by atoms with Crippen molar-refractivity contribution in [1.29, 1.82) is 0 Å². The fourth-order valence-corrected chi connectivity index (χ4v) is 1.84. The van der Waals surface area contributed by atoms with Crippen LogP contribution in [0.5, 0.6) is 0 Å². The Kier molecular flexibility index (Phi) is 5.15. The number of hydrogen-bond acceptors (Lipinski definition) is 3. The fraction of sp³-hybridized carbons (Fsp3) is 0.667. The van der Waals surface area contributed by atoms with E-state index in [0.29, 0.717) is 13.1 Å². The van der Waals surface area contributed by atoms with Crippen molar-refractivity contribution in [2.45, 2.75) is 26.3 Å². The second-order valence-corrected chi connectivity index (χ2v) is 4.37. The van der Waals surface area contributed by atoms with E-state index in [9.17, 15) is 4.79 Å². The number of carbonyl (C=O) groups is 1. The van der Waals surface area contributed by atoms with E-state index in [-0.39, 0.29) is 11.8 Å². The first-order valence-corrected chi connectivity index (χ1v) is 6.01. The fourth-order valence-electron chi connectivity index (χ4n) is 1.84. The van der Waals surface area contributed by atoms with Gasteiger partial charge in [-0.05, 0) is 6.42 Å². The van der Waals surface area contributed by atoms with Gasteiger partial charge < -0.3 is 15.2 Å². The minimum atomic E-state index is -0.0646. The molecule has 0 spiro atoms. The number of imidazole rings is 1. The third kappa shape index (κ3) is 3.56. The molecule has 0 bridgehead atoms. The summed E-state index contributed by atoms with van der Waals surface area (Å²) >= 11 is 0. The van der Waals surface area contributed by atoms with Gasteiger partial charge in [0.25, 0.3) is 0 Å². The van der Waals surface area contributed by atoms with E-state index in [0.717, 1.165) is 18.7 Å². The van der Waals surface area contributed by atoms with Crippen molar-refractivity contribution in [3.63, 3.8) is 0 Å². The third-order valence-corrected chi connectivity index (χ3v) is 2.95. The topological polar surface area (TPSA) is 64.2 Å². The highest BCUT2D eigenvalue weighted by Crippen LogP contribution is 2.10. The maximum absolute atomic E-state index is 12.1. The molecule has 17 heavy (non-hydrogen) atoms. The Labute approximate surface area is 103 Å². The van der Waals surface area contributed by atoms with E-state index in [1.165, 1.54) is 0 Å². The highest BCUT2D eigenvalue weighted by Gasteiger charge is 2.20. The number of aryl methyl sites for hydroxylation is 1. The summed E-state index contributed by atoms with van der Waals surface area (Å²) in [7, 11) is 3.72. The molecule has 1 aromatic heterocycles. The lowest BCUT2D eigenvalue weighted by atomic mass is 10.0. The van der Waals surface area contributed by atoms with Gasteiger partial charge in [0.1, 0.15) is 5.82 Å². The first kappa shape index (κ1) is 13.7. The number of nitrogens with zero attached hydrogens (tertiary/aromatic N) is 3. The van der Waals surface area contributed by atoms with Gasteiger partial charge in [0.2, 0.25) is 5.91 Å². The Balaban J connectivity index is 2.60. The molecule has 0 radical (unpaired) electrons. The molecule has 5 heteroatoms. The molecule has 96 valence electrons. The first-order chi connectivity index (χ1) is 8.10. The van der Waals surface area contributed by atoms with Crippen LogP contribution in [0.15, 0.2) is 12.4 Å². The van der Waals surface area contributed by atoms with Crippen LogP contribution < -0.4 is 5.73 Å². The van der Waals surface area contributed by atoms with E-state index in [2.05, 4.69) is 11.9 Å². The smallest absolute Gasteiger partial charge is 0.227 e. The third-order valence-electron chi connectivity index (χ3n) is 2.95. The Morgan fingerprint density at radius 2 is 2.35 bits per heavy atom. The summed E-state index contributed by atoms with van der Waals surface area (Å²) in [5.41, 5.74) is 5.63. The average Bonchev–Trinajstić information content (AvgIpc) is 2.71. The summed E-state index contributed by atoms with van der Waals surface area (Å²) in [4.78, 5) is 18.0. The molecule has 0 aliphatic heterocycles. The highest BCUT2D eigenvalue weighted by atomic mass is 16.2. The molecule has 1 atom stereocenters. The SMILES string of the molecule is CCCC(CN)C(=O)N(C)Cc1nccn1C. The lowest BCUT2D eigenvalue weighted by Gasteiger charge is -2.22. The molecule has 0 saturated carbocycles. The molecule has 0 fully saturated rings. The zero-order valence-corrected chi connectivity index (χ0v) is 10.9. The van der Waals surface area contributed by atoms with Gasteiger partial charge in [-0.3, -0.25) is 4.79 Å². The van der Waals surface area contributed by atoms with Crippen molar-refractivity contribution in [2.75, 3.05) is 13.6 Å². The Hall–Kier alpha value is -1.36. The number of hydrogen-bond donors (Lipinski definition) is 1. The summed E-state index contributed by atoms with van der Waals surface area (Å²) in [6.07, 6.45) is 5.43. The van der Waals surface area contributed by atoms with Gasteiger partial charge >= 0.3 is 0 Å². The molecule has 0 aromatic carbocycles. The van der Waals surface area contributed by atoms with Crippen LogP contribution in [0.2, 0.25) is 0 Å². The molecule has 1 aromatic rings. The predicted molar refractivity (Wildman–Crippen MR) is 67.1 cm³/mol. The van der Waals surface area contributed by atoms with Crippen LogP contribution in [0.25, 0.3) is 0 Å². The Morgan fingerprint density at radius 3 is 2.82 bits per heavy atom. The molecule has 0 aliphatic rings. The van der Waals surface area contributed by atoms with Crippen molar-refractivity contribution in [1.82, 2.24) is 14.5 Å². The molecule has 2 N–H and O–H groups in total. The lowest BCUT2D eigenvalue weighted by Crippen LogP contribution is -2.36. The van der Waals surface area contributed by atoms with Crippen molar-refractivity contribution in [2.24, 2.45) is 18.7 Å². The monoisotopic (exact) mass is 238 g/mol. The zero-order chi connectivity index (χ0) is 12.8. The molecular formula is C12H22N4O. The number of nitrogens with two attached hydrogens (primary N) is 1. The van der Waals surface area contributed by atoms with Gasteiger partial charge in [-0.1, -0.05) is 13.3 Å². The molecule has 1 amide bonds. The summed E-state index contributed by atoms with van der Waals surface area (Å²) in [6, 6.07) is 0. The van der Waals surface area contributed by atoms with E-state index in [1.54, 1.807) is 18.1 Å². The molecular weight excluding hydrogens is 216 g/mol. The lowest BCUT2D eigenvalue weighted by molar-refractivity contribution is -0.134. The molecule has 5 nitrogen and oxygen atoms in total. The van der Waals surface area contributed by atoms with Crippen LogP contribution in [-0.4, -0.2) is 34.0 Å². The van der Waals surface area contributed by atoms with Gasteiger partial charge in [0, 0.05) is 33.0 Å². The maximum atomic E-state index is 12.1. The Morgan fingerprint density at radius 1 is 1.65 bits per heavy atom. The highest BCUT2D eigenvalue weighted by molar-refractivity contribution is 5.78. The van der Waals surface area contributed by atoms with Gasteiger partial charge in [-0.15, -0.1) is 0 Å². The van der Waals surface area contributed by atoms with Gasteiger partial charge in [-0.2, -0.15) is 0 Å². The Bertz CT molecular complexity index is 361.